The summed E-state index contributed by atoms with van der Waals surface area (Å²) in [6.07, 6.45) is 5.25. The number of unbranched alkanes of at least 4 members (excludes halogenated alkanes) is 2. The molecule has 2 nitrogen and oxygen atoms in total. The van der Waals surface area contributed by atoms with E-state index in [2.05, 4.69) is 13.8 Å². The van der Waals surface area contributed by atoms with Gasteiger partial charge < -0.3 is 9.47 Å². The number of hydrogen-bond donors (Lipinski definition) is 0. The van der Waals surface area contributed by atoms with Gasteiger partial charge in [0, 0.05) is 0 Å². The quantitative estimate of drug-likeness (QED) is 0.585. The van der Waals surface area contributed by atoms with Crippen LogP contribution < -0.4 is 0 Å². The lowest BCUT2D eigenvalue weighted by atomic mass is 10.2. The first kappa shape index (κ1) is 9.01. The van der Waals surface area contributed by atoms with Gasteiger partial charge in [-0.3, -0.25) is 0 Å². The highest BCUT2D eigenvalue weighted by molar-refractivity contribution is 4.59. The Morgan fingerprint density at radius 2 is 2.18 bits per heavy atom. The summed E-state index contributed by atoms with van der Waals surface area (Å²) >= 11 is 0. The Labute approximate surface area is 68.9 Å². The molecule has 1 heterocycles. The van der Waals surface area contributed by atoms with E-state index in [1.807, 2.05) is 0 Å². The topological polar surface area (TPSA) is 18.5 Å². The Bertz CT molecular complexity index is 104. The minimum atomic E-state index is 0.0940. The third-order valence-electron chi connectivity index (χ3n) is 1.94. The van der Waals surface area contributed by atoms with E-state index in [4.69, 9.17) is 9.47 Å². The van der Waals surface area contributed by atoms with Crippen LogP contribution in [0.2, 0.25) is 0 Å². The molecular weight excluding hydrogens is 140 g/mol. The van der Waals surface area contributed by atoms with Crippen LogP contribution in [0.4, 0.5) is 0 Å². The minimum absolute atomic E-state index is 0.0940. The van der Waals surface area contributed by atoms with Crippen molar-refractivity contribution in [3.63, 3.8) is 0 Å². The third-order valence-corrected chi connectivity index (χ3v) is 1.94. The zero-order valence-corrected chi connectivity index (χ0v) is 7.51. The summed E-state index contributed by atoms with van der Waals surface area (Å²) in [7, 11) is 0. The van der Waals surface area contributed by atoms with Gasteiger partial charge in [0.1, 0.15) is 0 Å². The highest BCUT2D eigenvalue weighted by Crippen LogP contribution is 2.16. The first-order valence-corrected chi connectivity index (χ1v) is 4.60. The molecule has 11 heavy (non-hydrogen) atoms. The van der Waals surface area contributed by atoms with Crippen LogP contribution in [0.15, 0.2) is 0 Å². The largest absolute Gasteiger partial charge is 0.350 e. The zero-order valence-electron chi connectivity index (χ0n) is 7.51. The van der Waals surface area contributed by atoms with Crippen LogP contribution in [0.3, 0.4) is 0 Å². The van der Waals surface area contributed by atoms with Crippen LogP contribution in [0, 0.1) is 0 Å². The molecule has 0 radical (unpaired) electrons. The van der Waals surface area contributed by atoms with Gasteiger partial charge in [0.2, 0.25) is 0 Å². The number of hydrogen-bond acceptors (Lipinski definition) is 2. The normalized spacial score (nSPS) is 31.1. The predicted molar refractivity (Wildman–Crippen MR) is 44.4 cm³/mol. The van der Waals surface area contributed by atoms with Crippen molar-refractivity contribution in [1.82, 2.24) is 0 Å². The number of rotatable bonds is 4. The van der Waals surface area contributed by atoms with Crippen LogP contribution in [-0.2, 0) is 9.47 Å². The van der Waals surface area contributed by atoms with Crippen molar-refractivity contribution in [3.05, 3.63) is 0 Å². The second kappa shape index (κ2) is 4.73. The van der Waals surface area contributed by atoms with Crippen molar-refractivity contribution >= 4 is 0 Å². The van der Waals surface area contributed by atoms with E-state index in [-0.39, 0.29) is 6.29 Å². The van der Waals surface area contributed by atoms with Gasteiger partial charge in [0.05, 0.1) is 12.7 Å². The molecule has 1 fully saturated rings. The van der Waals surface area contributed by atoms with E-state index in [1.54, 1.807) is 0 Å². The van der Waals surface area contributed by atoms with Crippen LogP contribution in [-0.4, -0.2) is 19.0 Å². The van der Waals surface area contributed by atoms with E-state index < -0.39 is 0 Å². The van der Waals surface area contributed by atoms with Crippen molar-refractivity contribution in [2.75, 3.05) is 6.61 Å². The fourth-order valence-corrected chi connectivity index (χ4v) is 1.29. The van der Waals surface area contributed by atoms with E-state index in [1.165, 1.54) is 19.3 Å². The van der Waals surface area contributed by atoms with Crippen LogP contribution in [0.25, 0.3) is 0 Å². The summed E-state index contributed by atoms with van der Waals surface area (Å²) in [4.78, 5) is 0. The van der Waals surface area contributed by atoms with E-state index in [0.29, 0.717) is 6.10 Å². The smallest absolute Gasteiger partial charge is 0.158 e. The summed E-state index contributed by atoms with van der Waals surface area (Å²) in [5, 5.41) is 0. The van der Waals surface area contributed by atoms with Crippen molar-refractivity contribution < 1.29 is 9.47 Å². The lowest BCUT2D eigenvalue weighted by molar-refractivity contribution is -0.0603. The molecule has 2 heteroatoms. The van der Waals surface area contributed by atoms with E-state index >= 15 is 0 Å². The fraction of sp³-hybridized carbons (Fsp3) is 1.00. The van der Waals surface area contributed by atoms with Crippen molar-refractivity contribution in [3.8, 4) is 0 Å². The molecule has 1 saturated heterocycles. The molecule has 2 atom stereocenters. The maximum absolute atomic E-state index is 5.49. The fourth-order valence-electron chi connectivity index (χ4n) is 1.29. The molecule has 0 aromatic rings. The molecule has 1 aliphatic heterocycles. The average molecular weight is 158 g/mol. The summed E-state index contributed by atoms with van der Waals surface area (Å²) < 4.78 is 10.9. The van der Waals surface area contributed by atoms with Gasteiger partial charge in [-0.25, -0.2) is 0 Å². The van der Waals surface area contributed by atoms with Crippen LogP contribution >= 0.6 is 0 Å². The third kappa shape index (κ3) is 3.21. The molecule has 1 rings (SSSR count). The Kier molecular flexibility index (Phi) is 3.87. The maximum atomic E-state index is 5.49. The van der Waals surface area contributed by atoms with Crippen LogP contribution in [0.5, 0.6) is 0 Å². The van der Waals surface area contributed by atoms with E-state index in [9.17, 15) is 0 Å². The summed E-state index contributed by atoms with van der Waals surface area (Å²) in [5.41, 5.74) is 0. The maximum Gasteiger partial charge on any atom is 0.158 e. The van der Waals surface area contributed by atoms with Crippen molar-refractivity contribution in [2.24, 2.45) is 0 Å². The molecule has 0 aromatic carbocycles. The van der Waals surface area contributed by atoms with Gasteiger partial charge in [0.15, 0.2) is 6.29 Å². The Morgan fingerprint density at radius 1 is 1.36 bits per heavy atom. The monoisotopic (exact) mass is 158 g/mol. The number of ether oxygens (including phenoxy) is 2. The van der Waals surface area contributed by atoms with Gasteiger partial charge in [-0.2, -0.15) is 0 Å². The Balaban J connectivity index is 1.99. The van der Waals surface area contributed by atoms with Crippen LogP contribution in [0.1, 0.15) is 39.5 Å². The first-order chi connectivity index (χ1) is 5.33. The average Bonchev–Trinajstić information content (AvgIpc) is 2.37. The molecule has 0 amide bonds. The molecule has 0 bridgehead atoms. The molecule has 0 N–H and O–H groups in total. The van der Waals surface area contributed by atoms with Gasteiger partial charge in [-0.05, 0) is 19.8 Å². The summed E-state index contributed by atoms with van der Waals surface area (Å²) in [6, 6.07) is 0. The molecule has 0 aromatic heterocycles. The zero-order chi connectivity index (χ0) is 8.10. The highest BCUT2D eigenvalue weighted by atomic mass is 16.7. The molecule has 0 saturated carbocycles. The highest BCUT2D eigenvalue weighted by Gasteiger charge is 2.21. The van der Waals surface area contributed by atoms with Crippen molar-refractivity contribution in [2.45, 2.75) is 51.9 Å². The van der Waals surface area contributed by atoms with Gasteiger partial charge in [0.25, 0.3) is 0 Å². The minimum Gasteiger partial charge on any atom is -0.350 e. The van der Waals surface area contributed by atoms with Gasteiger partial charge in [-0.1, -0.05) is 19.8 Å². The van der Waals surface area contributed by atoms with Gasteiger partial charge in [-0.15, -0.1) is 0 Å². The summed E-state index contributed by atoms with van der Waals surface area (Å²) in [6.45, 7) is 5.04. The lowest BCUT2D eigenvalue weighted by Gasteiger charge is -2.08. The van der Waals surface area contributed by atoms with E-state index in [0.717, 1.165) is 13.0 Å². The molecule has 66 valence electrons. The second-order valence-corrected chi connectivity index (χ2v) is 3.21. The molecule has 0 unspecified atom stereocenters. The molecular formula is C9H18O2. The lowest BCUT2D eigenvalue weighted by Crippen LogP contribution is -2.08. The molecule has 0 aliphatic carbocycles. The van der Waals surface area contributed by atoms with Gasteiger partial charge >= 0.3 is 0 Å². The SMILES string of the molecule is CCCCC[C@@H]1OC[C@H](C)O1. The summed E-state index contributed by atoms with van der Waals surface area (Å²) in [5.74, 6) is 0. The predicted octanol–water partition coefficient (Wildman–Crippen LogP) is 2.33. The Morgan fingerprint density at radius 3 is 2.73 bits per heavy atom. The van der Waals surface area contributed by atoms with Crippen molar-refractivity contribution in [1.29, 1.82) is 0 Å². The first-order valence-electron chi connectivity index (χ1n) is 4.60. The Hall–Kier alpha value is -0.0800. The second-order valence-electron chi connectivity index (χ2n) is 3.21. The standard InChI is InChI=1S/C9H18O2/c1-3-4-5-6-9-10-7-8(2)11-9/h8-9H,3-7H2,1-2H3/t8-,9+/m0/s1. The molecule has 1 aliphatic rings. The molecule has 0 spiro atoms.